The topological polar surface area (TPSA) is 84.9 Å². The van der Waals surface area contributed by atoms with E-state index in [4.69, 9.17) is 9.47 Å². The molecule has 0 aliphatic carbocycles. The summed E-state index contributed by atoms with van der Waals surface area (Å²) in [7, 11) is 3.78. The van der Waals surface area contributed by atoms with Crippen LogP contribution in [0.3, 0.4) is 0 Å². The Morgan fingerprint density at radius 2 is 1.65 bits per heavy atom. The standard InChI is InChI=1S/C29H57NO5S5/c1-9-29(8,14-21-40-39-18-10-15-30-26(33)23(2)3)38-20-12-25(32)35-27(4,5)13-16-34-28(6,7)24(31)11-19-37-22-17-36/h23,25,32,36H,9-22H2,1-8H3,(H,30,33). The van der Waals surface area contributed by atoms with Crippen LogP contribution < -0.4 is 5.32 Å². The predicted octanol–water partition coefficient (Wildman–Crippen LogP) is 7.13. The summed E-state index contributed by atoms with van der Waals surface area (Å²) >= 11 is 7.85. The molecule has 0 aliphatic heterocycles. The molecule has 0 spiro atoms. The number of rotatable bonds is 26. The number of hydrogen-bond donors (Lipinski definition) is 3. The van der Waals surface area contributed by atoms with Crippen molar-refractivity contribution in [2.45, 2.75) is 116 Å². The zero-order valence-electron chi connectivity index (χ0n) is 26.2. The number of carbonyl (C=O) groups excluding carboxylic acids is 2. The summed E-state index contributed by atoms with van der Waals surface area (Å²) in [4.78, 5) is 24.1. The fourth-order valence-electron chi connectivity index (χ4n) is 3.43. The number of carbonyl (C=O) groups is 2. The van der Waals surface area contributed by atoms with Crippen molar-refractivity contribution >= 4 is 69.4 Å². The fraction of sp³-hybridized carbons (Fsp3) is 0.931. The first kappa shape index (κ1) is 40.8. The maximum atomic E-state index is 12.5. The SMILES string of the molecule is CCC(C)(CCSSCCCNC(=O)C(C)C)SCCC(O)OC(C)(C)CCOC(C)(C)C(=O)CCSCCS. The van der Waals surface area contributed by atoms with Gasteiger partial charge in [-0.1, -0.05) is 49.3 Å². The van der Waals surface area contributed by atoms with E-state index >= 15 is 0 Å². The van der Waals surface area contributed by atoms with Gasteiger partial charge in [0.2, 0.25) is 5.91 Å². The van der Waals surface area contributed by atoms with Crippen molar-refractivity contribution in [3.63, 3.8) is 0 Å². The molecule has 0 aromatic rings. The largest absolute Gasteiger partial charge is 0.368 e. The van der Waals surface area contributed by atoms with E-state index in [-0.39, 0.29) is 22.4 Å². The first-order valence-electron chi connectivity index (χ1n) is 14.6. The second kappa shape index (κ2) is 22.3. The summed E-state index contributed by atoms with van der Waals surface area (Å²) in [5.41, 5.74) is -1.37. The number of ether oxygens (including phenoxy) is 2. The maximum Gasteiger partial charge on any atom is 0.222 e. The van der Waals surface area contributed by atoms with Crippen molar-refractivity contribution in [3.05, 3.63) is 0 Å². The third-order valence-corrected chi connectivity index (χ3v) is 12.2. The van der Waals surface area contributed by atoms with E-state index in [0.29, 0.717) is 25.9 Å². The van der Waals surface area contributed by atoms with E-state index in [2.05, 4.69) is 31.8 Å². The zero-order valence-corrected chi connectivity index (χ0v) is 30.4. The monoisotopic (exact) mass is 659 g/mol. The van der Waals surface area contributed by atoms with Crippen LogP contribution in [0.1, 0.15) is 93.9 Å². The molecule has 0 fully saturated rings. The Hall–Kier alpha value is 0.770. The van der Waals surface area contributed by atoms with Crippen molar-refractivity contribution in [2.75, 3.05) is 47.7 Å². The summed E-state index contributed by atoms with van der Waals surface area (Å²) < 4.78 is 12.1. The molecule has 0 aliphatic rings. The average Bonchev–Trinajstić information content (AvgIpc) is 2.87. The normalized spacial score (nSPS) is 14.8. The zero-order chi connectivity index (χ0) is 30.7. The molecule has 0 aromatic carbocycles. The van der Waals surface area contributed by atoms with Crippen LogP contribution in [0.15, 0.2) is 0 Å². The van der Waals surface area contributed by atoms with Crippen LogP contribution in [0.5, 0.6) is 0 Å². The van der Waals surface area contributed by atoms with E-state index in [1.807, 2.05) is 74.9 Å². The smallest absolute Gasteiger partial charge is 0.222 e. The van der Waals surface area contributed by atoms with E-state index in [1.165, 1.54) is 0 Å². The molecule has 0 heterocycles. The van der Waals surface area contributed by atoms with Crippen LogP contribution >= 0.6 is 57.7 Å². The maximum absolute atomic E-state index is 12.5. The molecule has 6 nitrogen and oxygen atoms in total. The van der Waals surface area contributed by atoms with Crippen LogP contribution in [-0.4, -0.2) is 86.7 Å². The van der Waals surface area contributed by atoms with Gasteiger partial charge in [-0.05, 0) is 64.9 Å². The highest BCUT2D eigenvalue weighted by Gasteiger charge is 2.30. The molecule has 238 valence electrons. The van der Waals surface area contributed by atoms with Gasteiger partial charge < -0.3 is 19.9 Å². The Kier molecular flexibility index (Phi) is 22.7. The number of thiol groups is 1. The molecule has 2 atom stereocenters. The number of hydrogen-bond acceptors (Lipinski definition) is 10. The van der Waals surface area contributed by atoms with Gasteiger partial charge in [-0.2, -0.15) is 36.2 Å². The van der Waals surface area contributed by atoms with Gasteiger partial charge in [-0.25, -0.2) is 0 Å². The Morgan fingerprint density at radius 1 is 0.975 bits per heavy atom. The number of ketones is 1. The van der Waals surface area contributed by atoms with Crippen LogP contribution in [0.25, 0.3) is 0 Å². The second-order valence-electron chi connectivity index (χ2n) is 11.6. The molecular weight excluding hydrogens is 603 g/mol. The van der Waals surface area contributed by atoms with Crippen LogP contribution in [0, 0.1) is 5.92 Å². The Balaban J connectivity index is 4.20. The van der Waals surface area contributed by atoms with Gasteiger partial charge in [-0.15, -0.1) is 0 Å². The summed E-state index contributed by atoms with van der Waals surface area (Å²) in [5.74, 6) is 5.78. The van der Waals surface area contributed by atoms with Gasteiger partial charge in [0.1, 0.15) is 5.60 Å². The quantitative estimate of drug-likeness (QED) is 0.0389. The van der Waals surface area contributed by atoms with E-state index in [0.717, 1.165) is 60.3 Å². The number of Topliss-reactive ketones (excluding diaryl/α,β-unsaturated/α-hetero) is 1. The average molecular weight is 660 g/mol. The minimum atomic E-state index is -0.830. The molecule has 0 bridgehead atoms. The van der Waals surface area contributed by atoms with Gasteiger partial charge >= 0.3 is 0 Å². The number of aliphatic hydroxyl groups is 1. The van der Waals surface area contributed by atoms with Crippen LogP contribution in [0.4, 0.5) is 0 Å². The summed E-state index contributed by atoms with van der Waals surface area (Å²) in [6.45, 7) is 17.1. The summed E-state index contributed by atoms with van der Waals surface area (Å²) in [6, 6.07) is 0. The Labute approximate surface area is 267 Å². The summed E-state index contributed by atoms with van der Waals surface area (Å²) in [6.07, 6.45) is 4.00. The molecule has 0 rings (SSSR count). The molecule has 0 radical (unpaired) electrons. The van der Waals surface area contributed by atoms with Crippen molar-refractivity contribution < 1.29 is 24.2 Å². The minimum absolute atomic E-state index is 0.0444. The lowest BCUT2D eigenvalue weighted by atomic mass is 10.0. The second-order valence-corrected chi connectivity index (χ2v) is 17.6. The molecule has 0 saturated carbocycles. The van der Waals surface area contributed by atoms with Crippen LogP contribution in [0.2, 0.25) is 0 Å². The highest BCUT2D eigenvalue weighted by molar-refractivity contribution is 8.76. The lowest BCUT2D eigenvalue weighted by Gasteiger charge is -2.31. The van der Waals surface area contributed by atoms with Crippen molar-refractivity contribution in [2.24, 2.45) is 5.92 Å². The Bertz CT molecular complexity index is 696. The van der Waals surface area contributed by atoms with Gasteiger partial charge in [-0.3, -0.25) is 9.59 Å². The predicted molar refractivity (Wildman–Crippen MR) is 184 cm³/mol. The molecule has 2 N–H and O–H groups in total. The summed E-state index contributed by atoms with van der Waals surface area (Å²) in [5, 5.41) is 13.5. The van der Waals surface area contributed by atoms with Gasteiger partial charge in [0.05, 0.1) is 12.2 Å². The minimum Gasteiger partial charge on any atom is -0.368 e. The molecule has 0 aromatic heterocycles. The van der Waals surface area contributed by atoms with E-state index < -0.39 is 17.5 Å². The van der Waals surface area contributed by atoms with Gasteiger partial charge in [0, 0.05) is 53.1 Å². The number of amides is 1. The number of thioether (sulfide) groups is 2. The lowest BCUT2D eigenvalue weighted by Crippen LogP contribution is -2.38. The third kappa shape index (κ3) is 20.6. The molecule has 1 amide bonds. The highest BCUT2D eigenvalue weighted by atomic mass is 33.1. The van der Waals surface area contributed by atoms with Crippen molar-refractivity contribution in [3.8, 4) is 0 Å². The highest BCUT2D eigenvalue weighted by Crippen LogP contribution is 2.36. The van der Waals surface area contributed by atoms with E-state index in [1.54, 1.807) is 11.8 Å². The molecular formula is C29H57NO5S5. The number of nitrogens with one attached hydrogen (secondary N) is 1. The molecule has 0 saturated heterocycles. The van der Waals surface area contributed by atoms with Crippen molar-refractivity contribution in [1.29, 1.82) is 0 Å². The van der Waals surface area contributed by atoms with E-state index in [9.17, 15) is 14.7 Å². The molecule has 40 heavy (non-hydrogen) atoms. The van der Waals surface area contributed by atoms with Crippen LogP contribution in [-0.2, 0) is 19.1 Å². The lowest BCUT2D eigenvalue weighted by molar-refractivity contribution is -0.182. The van der Waals surface area contributed by atoms with Crippen molar-refractivity contribution in [1.82, 2.24) is 5.32 Å². The first-order valence-corrected chi connectivity index (χ1v) is 19.8. The first-order chi connectivity index (χ1) is 18.7. The number of aliphatic hydroxyl groups excluding tert-OH is 1. The third-order valence-electron chi connectivity index (χ3n) is 6.59. The Morgan fingerprint density at radius 3 is 2.27 bits per heavy atom. The molecule has 11 heteroatoms. The van der Waals surface area contributed by atoms with Gasteiger partial charge in [0.15, 0.2) is 12.1 Å². The van der Waals surface area contributed by atoms with Gasteiger partial charge in [0.25, 0.3) is 0 Å². The fourth-order valence-corrected chi connectivity index (χ4v) is 8.22. The molecule has 2 unspecified atom stereocenters.